The third-order valence-electron chi connectivity index (χ3n) is 2.88. The zero-order valence-electron chi connectivity index (χ0n) is 9.67. The molecule has 0 spiro atoms. The van der Waals surface area contributed by atoms with Crippen molar-refractivity contribution in [2.45, 2.75) is 18.9 Å². The van der Waals surface area contributed by atoms with Crippen LogP contribution in [0.5, 0.6) is 0 Å². The maximum atomic E-state index is 11.1. The number of nitrogens with one attached hydrogen (secondary N) is 1. The van der Waals surface area contributed by atoms with E-state index in [1.165, 1.54) is 0 Å². The molecule has 1 aromatic heterocycles. The summed E-state index contributed by atoms with van der Waals surface area (Å²) in [6.07, 6.45) is 5.31. The van der Waals surface area contributed by atoms with Crippen LogP contribution in [0.25, 0.3) is 0 Å². The van der Waals surface area contributed by atoms with Crippen molar-refractivity contribution in [3.8, 4) is 0 Å². The van der Waals surface area contributed by atoms with E-state index in [1.807, 2.05) is 4.90 Å². The van der Waals surface area contributed by atoms with E-state index in [0.717, 1.165) is 25.9 Å². The number of anilines is 1. The van der Waals surface area contributed by atoms with Gasteiger partial charge in [0.15, 0.2) is 0 Å². The summed E-state index contributed by atoms with van der Waals surface area (Å²) in [5.74, 6) is 0.231. The first kappa shape index (κ1) is 11.8. The second kappa shape index (κ2) is 5.58. The van der Waals surface area contributed by atoms with Gasteiger partial charge in [-0.3, -0.25) is 4.79 Å². The molecule has 6 heteroatoms. The topological polar surface area (TPSA) is 84.1 Å². The minimum absolute atomic E-state index is 0.175. The molecule has 0 bridgehead atoms. The average molecular weight is 235 g/mol. The van der Waals surface area contributed by atoms with Crippen LogP contribution in [0, 0.1) is 0 Å². The number of hydrogen-bond acceptors (Lipinski definition) is 5. The number of piperidine rings is 1. The van der Waals surface area contributed by atoms with Crippen LogP contribution in [0.2, 0.25) is 0 Å². The van der Waals surface area contributed by atoms with Crippen molar-refractivity contribution in [1.29, 1.82) is 0 Å². The number of aromatic nitrogens is 2. The number of primary amides is 1. The molecule has 1 amide bonds. The Kier molecular flexibility index (Phi) is 3.87. The van der Waals surface area contributed by atoms with Crippen LogP contribution in [0.1, 0.15) is 12.8 Å². The largest absolute Gasteiger partial charge is 0.368 e. The standard InChI is InChI=1S/C11H17N5O/c12-10(17)8-16(9-2-6-13-7-3-9)11-14-4-1-5-15-11/h1,4-5,9,13H,2-3,6-8H2,(H2,12,17). The highest BCUT2D eigenvalue weighted by Gasteiger charge is 2.24. The zero-order valence-corrected chi connectivity index (χ0v) is 9.67. The van der Waals surface area contributed by atoms with Crippen LogP contribution in [-0.2, 0) is 4.79 Å². The van der Waals surface area contributed by atoms with Gasteiger partial charge < -0.3 is 16.0 Å². The van der Waals surface area contributed by atoms with E-state index in [0.29, 0.717) is 5.95 Å². The third kappa shape index (κ3) is 3.13. The molecule has 0 aliphatic carbocycles. The minimum Gasteiger partial charge on any atom is -0.368 e. The van der Waals surface area contributed by atoms with Crippen molar-refractivity contribution >= 4 is 11.9 Å². The van der Waals surface area contributed by atoms with Gasteiger partial charge in [0.2, 0.25) is 11.9 Å². The first-order valence-electron chi connectivity index (χ1n) is 5.80. The predicted molar refractivity (Wildman–Crippen MR) is 64.5 cm³/mol. The van der Waals surface area contributed by atoms with Gasteiger partial charge in [-0.05, 0) is 32.0 Å². The number of nitrogens with zero attached hydrogens (tertiary/aromatic N) is 3. The number of carbonyl (C=O) groups is 1. The van der Waals surface area contributed by atoms with Crippen LogP contribution in [-0.4, -0.2) is 41.6 Å². The zero-order chi connectivity index (χ0) is 12.1. The molecule has 0 aromatic carbocycles. The third-order valence-corrected chi connectivity index (χ3v) is 2.88. The van der Waals surface area contributed by atoms with Crippen LogP contribution in [0.4, 0.5) is 5.95 Å². The molecule has 2 rings (SSSR count). The molecule has 0 unspecified atom stereocenters. The van der Waals surface area contributed by atoms with Crippen LogP contribution in [0.15, 0.2) is 18.5 Å². The second-order valence-corrected chi connectivity index (χ2v) is 4.12. The second-order valence-electron chi connectivity index (χ2n) is 4.12. The molecule has 0 atom stereocenters. The normalized spacial score (nSPS) is 16.7. The summed E-state index contributed by atoms with van der Waals surface area (Å²) in [7, 11) is 0. The van der Waals surface area contributed by atoms with E-state index in [-0.39, 0.29) is 18.5 Å². The number of rotatable bonds is 4. The van der Waals surface area contributed by atoms with E-state index < -0.39 is 0 Å². The molecule has 0 saturated carbocycles. The van der Waals surface area contributed by atoms with Gasteiger partial charge in [-0.2, -0.15) is 0 Å². The molecule has 1 aliphatic rings. The summed E-state index contributed by atoms with van der Waals surface area (Å²) < 4.78 is 0. The van der Waals surface area contributed by atoms with Crippen molar-refractivity contribution in [3.63, 3.8) is 0 Å². The molecule has 1 aromatic rings. The molecular weight excluding hydrogens is 218 g/mol. The first-order chi connectivity index (χ1) is 8.27. The van der Waals surface area contributed by atoms with Gasteiger partial charge in [-0.1, -0.05) is 0 Å². The van der Waals surface area contributed by atoms with Gasteiger partial charge in [0.1, 0.15) is 0 Å². The van der Waals surface area contributed by atoms with Crippen molar-refractivity contribution in [3.05, 3.63) is 18.5 Å². The van der Waals surface area contributed by atoms with E-state index in [4.69, 9.17) is 5.73 Å². The Morgan fingerprint density at radius 2 is 2.06 bits per heavy atom. The molecule has 0 radical (unpaired) electrons. The number of hydrogen-bond donors (Lipinski definition) is 2. The van der Waals surface area contributed by atoms with Crippen LogP contribution in [0.3, 0.4) is 0 Å². The smallest absolute Gasteiger partial charge is 0.237 e. The monoisotopic (exact) mass is 235 g/mol. The Bertz CT molecular complexity index is 363. The summed E-state index contributed by atoms with van der Waals surface area (Å²) >= 11 is 0. The van der Waals surface area contributed by atoms with Crippen molar-refractivity contribution in [1.82, 2.24) is 15.3 Å². The number of amides is 1. The summed E-state index contributed by atoms with van der Waals surface area (Å²) in [5.41, 5.74) is 5.29. The Labute approximate surface area is 100 Å². The quantitative estimate of drug-likeness (QED) is 0.736. The summed E-state index contributed by atoms with van der Waals surface area (Å²) in [5, 5.41) is 3.29. The maximum Gasteiger partial charge on any atom is 0.237 e. The highest BCUT2D eigenvalue weighted by molar-refractivity contribution is 5.79. The first-order valence-corrected chi connectivity index (χ1v) is 5.80. The van der Waals surface area contributed by atoms with Gasteiger partial charge in [0.05, 0.1) is 6.54 Å². The molecule has 92 valence electrons. The maximum absolute atomic E-state index is 11.1. The predicted octanol–water partition coefficient (Wildman–Crippen LogP) is -0.480. The Morgan fingerprint density at radius 3 is 2.65 bits per heavy atom. The minimum atomic E-state index is -0.351. The average Bonchev–Trinajstić information content (AvgIpc) is 2.38. The van der Waals surface area contributed by atoms with Crippen molar-refractivity contribution in [2.75, 3.05) is 24.5 Å². The lowest BCUT2D eigenvalue weighted by molar-refractivity contribution is -0.116. The number of nitrogens with two attached hydrogens (primary N) is 1. The van der Waals surface area contributed by atoms with E-state index in [9.17, 15) is 4.79 Å². The SMILES string of the molecule is NC(=O)CN(c1ncccn1)C1CCNCC1. The highest BCUT2D eigenvalue weighted by atomic mass is 16.1. The Hall–Kier alpha value is -1.69. The van der Waals surface area contributed by atoms with Crippen molar-refractivity contribution < 1.29 is 4.79 Å². The van der Waals surface area contributed by atoms with Gasteiger partial charge in [0.25, 0.3) is 0 Å². The van der Waals surface area contributed by atoms with Gasteiger partial charge in [-0.15, -0.1) is 0 Å². The number of carbonyl (C=O) groups excluding carboxylic acids is 1. The molecule has 3 N–H and O–H groups in total. The van der Waals surface area contributed by atoms with Gasteiger partial charge in [-0.25, -0.2) is 9.97 Å². The van der Waals surface area contributed by atoms with Crippen molar-refractivity contribution in [2.24, 2.45) is 5.73 Å². The fraction of sp³-hybridized carbons (Fsp3) is 0.545. The molecule has 1 fully saturated rings. The van der Waals surface area contributed by atoms with E-state index in [2.05, 4.69) is 15.3 Å². The van der Waals surface area contributed by atoms with Crippen LogP contribution < -0.4 is 16.0 Å². The lowest BCUT2D eigenvalue weighted by Crippen LogP contribution is -2.47. The molecule has 17 heavy (non-hydrogen) atoms. The molecular formula is C11H17N5O. The van der Waals surface area contributed by atoms with E-state index >= 15 is 0 Å². The van der Waals surface area contributed by atoms with Crippen LogP contribution >= 0.6 is 0 Å². The Morgan fingerprint density at radius 1 is 1.41 bits per heavy atom. The molecule has 1 aliphatic heterocycles. The fourth-order valence-electron chi connectivity index (χ4n) is 2.09. The van der Waals surface area contributed by atoms with E-state index in [1.54, 1.807) is 18.5 Å². The summed E-state index contributed by atoms with van der Waals surface area (Å²) in [6, 6.07) is 2.04. The molecule has 2 heterocycles. The van der Waals surface area contributed by atoms with Gasteiger partial charge >= 0.3 is 0 Å². The Balaban J connectivity index is 2.15. The molecule has 6 nitrogen and oxygen atoms in total. The summed E-state index contributed by atoms with van der Waals surface area (Å²) in [6.45, 7) is 2.08. The molecule has 1 saturated heterocycles. The van der Waals surface area contributed by atoms with Gasteiger partial charge in [0, 0.05) is 18.4 Å². The lowest BCUT2D eigenvalue weighted by Gasteiger charge is -2.33. The lowest BCUT2D eigenvalue weighted by atomic mass is 10.1. The highest BCUT2D eigenvalue weighted by Crippen LogP contribution is 2.16. The summed E-state index contributed by atoms with van der Waals surface area (Å²) in [4.78, 5) is 21.4. The fourth-order valence-corrected chi connectivity index (χ4v) is 2.09.